The fourth-order valence-corrected chi connectivity index (χ4v) is 1.46. The van der Waals surface area contributed by atoms with Gasteiger partial charge >= 0.3 is 5.97 Å². The number of ether oxygens (including phenoxy) is 1. The Kier molecular flexibility index (Phi) is 2.07. The van der Waals surface area contributed by atoms with E-state index in [0.717, 1.165) is 0 Å². The van der Waals surface area contributed by atoms with Gasteiger partial charge in [0.15, 0.2) is 0 Å². The summed E-state index contributed by atoms with van der Waals surface area (Å²) in [6.07, 6.45) is -0.0868. The molecular weight excluding hydrogens is 170 g/mol. The lowest BCUT2D eigenvalue weighted by Gasteiger charge is -2.22. The average Bonchev–Trinajstić information content (AvgIpc) is 2.26. The number of carbonyl (C=O) groups is 2. The van der Waals surface area contributed by atoms with Crippen LogP contribution in [0.3, 0.4) is 0 Å². The molecular formula is C9H11NO3. The summed E-state index contributed by atoms with van der Waals surface area (Å²) >= 11 is 0. The fourth-order valence-electron chi connectivity index (χ4n) is 1.46. The van der Waals surface area contributed by atoms with Gasteiger partial charge in [-0.2, -0.15) is 0 Å². The van der Waals surface area contributed by atoms with Crippen LogP contribution in [0.1, 0.15) is 20.3 Å². The van der Waals surface area contributed by atoms with E-state index in [1.54, 1.807) is 6.92 Å². The summed E-state index contributed by atoms with van der Waals surface area (Å²) < 4.78 is 4.56. The van der Waals surface area contributed by atoms with Crippen LogP contribution in [-0.2, 0) is 14.3 Å². The molecule has 1 atom stereocenters. The van der Waals surface area contributed by atoms with Gasteiger partial charge in [-0.05, 0) is 13.8 Å². The number of nitrogens with one attached hydrogen (secondary N) is 1. The van der Waals surface area contributed by atoms with E-state index in [1.165, 1.54) is 6.92 Å². The average molecular weight is 181 g/mol. The molecule has 0 amide bonds. The van der Waals surface area contributed by atoms with Crippen molar-refractivity contribution in [3.05, 3.63) is 12.2 Å². The molecule has 1 unspecified atom stereocenters. The Balaban J connectivity index is 3.20. The van der Waals surface area contributed by atoms with E-state index in [-0.39, 0.29) is 18.1 Å². The van der Waals surface area contributed by atoms with Crippen LogP contribution >= 0.6 is 0 Å². The van der Waals surface area contributed by atoms with Crippen LogP contribution in [0.25, 0.3) is 0 Å². The van der Waals surface area contributed by atoms with E-state index in [9.17, 15) is 9.59 Å². The molecule has 0 radical (unpaired) electrons. The monoisotopic (exact) mass is 181 g/mol. The molecule has 0 aliphatic carbocycles. The van der Waals surface area contributed by atoms with Gasteiger partial charge in [-0.1, -0.05) is 12.2 Å². The topological polar surface area (TPSA) is 67.2 Å². The Morgan fingerprint density at radius 1 is 1.62 bits per heavy atom. The second kappa shape index (κ2) is 2.80. The van der Waals surface area contributed by atoms with E-state index in [0.29, 0.717) is 5.57 Å². The van der Waals surface area contributed by atoms with Gasteiger partial charge < -0.3 is 4.74 Å². The van der Waals surface area contributed by atoms with Crippen LogP contribution in [0, 0.1) is 10.8 Å². The van der Waals surface area contributed by atoms with Gasteiger partial charge in [0.2, 0.25) is 5.90 Å². The van der Waals surface area contributed by atoms with E-state index >= 15 is 0 Å². The predicted molar refractivity (Wildman–Crippen MR) is 46.4 cm³/mol. The van der Waals surface area contributed by atoms with Crippen LogP contribution in [0.15, 0.2) is 12.2 Å². The highest BCUT2D eigenvalue weighted by molar-refractivity contribution is 6.15. The van der Waals surface area contributed by atoms with Crippen molar-refractivity contribution in [1.82, 2.24) is 0 Å². The molecule has 0 bridgehead atoms. The number of hydrogen-bond acceptors (Lipinski definition) is 4. The molecule has 1 heterocycles. The molecule has 1 fully saturated rings. The third kappa shape index (κ3) is 1.18. The summed E-state index contributed by atoms with van der Waals surface area (Å²) in [5, 5.41) is 7.42. The molecule has 4 heteroatoms. The first-order valence-electron chi connectivity index (χ1n) is 3.88. The molecule has 1 N–H and O–H groups in total. The zero-order valence-corrected chi connectivity index (χ0v) is 7.64. The van der Waals surface area contributed by atoms with Crippen molar-refractivity contribution in [2.75, 3.05) is 0 Å². The Bertz CT molecular complexity index is 303. The maximum absolute atomic E-state index is 11.3. The van der Waals surface area contributed by atoms with Crippen molar-refractivity contribution in [3.8, 4) is 0 Å². The zero-order chi connectivity index (χ0) is 10.2. The predicted octanol–water partition coefficient (Wildman–Crippen LogP) is 1.06. The third-order valence-electron chi connectivity index (χ3n) is 2.34. The second-order valence-corrected chi connectivity index (χ2v) is 3.22. The van der Waals surface area contributed by atoms with E-state index < -0.39 is 11.4 Å². The lowest BCUT2D eigenvalue weighted by atomic mass is 9.76. The highest BCUT2D eigenvalue weighted by Gasteiger charge is 2.50. The highest BCUT2D eigenvalue weighted by atomic mass is 16.5. The van der Waals surface area contributed by atoms with Crippen molar-refractivity contribution < 1.29 is 14.3 Å². The highest BCUT2D eigenvalue weighted by Crippen LogP contribution is 2.38. The summed E-state index contributed by atoms with van der Waals surface area (Å²) in [5.41, 5.74) is -0.715. The number of ketones is 1. The molecule has 0 spiro atoms. The first-order chi connectivity index (χ1) is 5.91. The molecule has 0 saturated carbocycles. The third-order valence-corrected chi connectivity index (χ3v) is 2.34. The maximum Gasteiger partial charge on any atom is 0.314 e. The van der Waals surface area contributed by atoms with Gasteiger partial charge in [-0.25, -0.2) is 0 Å². The van der Waals surface area contributed by atoms with Crippen LogP contribution in [0.4, 0.5) is 0 Å². The number of hydrogen-bond donors (Lipinski definition) is 1. The summed E-state index contributed by atoms with van der Waals surface area (Å²) in [6, 6.07) is 0. The van der Waals surface area contributed by atoms with Gasteiger partial charge in [0.05, 0.1) is 6.42 Å². The van der Waals surface area contributed by atoms with E-state index in [4.69, 9.17) is 5.41 Å². The number of esters is 1. The van der Waals surface area contributed by atoms with E-state index in [1.807, 2.05) is 0 Å². The minimum absolute atomic E-state index is 0.0868. The Labute approximate surface area is 76.1 Å². The number of Topliss-reactive ketones (excluding diaryl/α,β-unsaturated/α-hetero) is 1. The Hall–Kier alpha value is -1.45. The molecule has 1 aliphatic rings. The van der Waals surface area contributed by atoms with Crippen molar-refractivity contribution >= 4 is 17.7 Å². The fraction of sp³-hybridized carbons (Fsp3) is 0.444. The van der Waals surface area contributed by atoms with Crippen LogP contribution in [0.2, 0.25) is 0 Å². The lowest BCUT2D eigenvalue weighted by Crippen LogP contribution is -2.34. The first kappa shape index (κ1) is 9.64. The Morgan fingerprint density at radius 2 is 2.15 bits per heavy atom. The van der Waals surface area contributed by atoms with Gasteiger partial charge in [-0.15, -0.1) is 0 Å². The van der Waals surface area contributed by atoms with Gasteiger partial charge in [-0.3, -0.25) is 15.0 Å². The largest absolute Gasteiger partial charge is 0.411 e. The van der Waals surface area contributed by atoms with Crippen LogP contribution < -0.4 is 0 Å². The summed E-state index contributed by atoms with van der Waals surface area (Å²) in [4.78, 5) is 22.3. The van der Waals surface area contributed by atoms with Crippen molar-refractivity contribution in [1.29, 1.82) is 5.41 Å². The molecule has 1 rings (SSSR count). The van der Waals surface area contributed by atoms with Crippen molar-refractivity contribution in [2.24, 2.45) is 5.41 Å². The normalized spacial score (nSPS) is 27.2. The lowest BCUT2D eigenvalue weighted by molar-refractivity contribution is -0.134. The first-order valence-corrected chi connectivity index (χ1v) is 3.88. The molecule has 1 aliphatic heterocycles. The standard InChI is InChI=1S/C9H11NO3/c1-5(2)9(6(3)11)4-7(12)13-8(9)10/h10H,1,4H2,2-3H3. The van der Waals surface area contributed by atoms with Gasteiger partial charge in [0.1, 0.15) is 11.2 Å². The SMILES string of the molecule is C=C(C)C1(C(C)=O)CC(=O)OC1=N. The quantitative estimate of drug-likeness (QED) is 0.511. The number of rotatable bonds is 2. The summed E-state index contributed by atoms with van der Waals surface area (Å²) in [5.74, 6) is -1.10. The molecule has 1 saturated heterocycles. The molecule has 4 nitrogen and oxygen atoms in total. The molecule has 0 aromatic rings. The summed E-state index contributed by atoms with van der Waals surface area (Å²) in [6.45, 7) is 6.58. The number of cyclic esters (lactones) is 1. The smallest absolute Gasteiger partial charge is 0.314 e. The number of carbonyl (C=O) groups excluding carboxylic acids is 2. The molecule has 13 heavy (non-hydrogen) atoms. The van der Waals surface area contributed by atoms with Crippen molar-refractivity contribution in [2.45, 2.75) is 20.3 Å². The summed E-state index contributed by atoms with van der Waals surface area (Å²) in [7, 11) is 0. The molecule has 0 aromatic carbocycles. The minimum atomic E-state index is -1.20. The van der Waals surface area contributed by atoms with E-state index in [2.05, 4.69) is 11.3 Å². The van der Waals surface area contributed by atoms with Gasteiger partial charge in [0, 0.05) is 0 Å². The van der Waals surface area contributed by atoms with Crippen molar-refractivity contribution in [3.63, 3.8) is 0 Å². The van der Waals surface area contributed by atoms with Crippen LogP contribution in [-0.4, -0.2) is 17.7 Å². The Morgan fingerprint density at radius 3 is 2.31 bits per heavy atom. The van der Waals surface area contributed by atoms with Crippen LogP contribution in [0.5, 0.6) is 0 Å². The minimum Gasteiger partial charge on any atom is -0.411 e. The molecule has 70 valence electrons. The maximum atomic E-state index is 11.3. The van der Waals surface area contributed by atoms with Gasteiger partial charge in [0.25, 0.3) is 0 Å². The second-order valence-electron chi connectivity index (χ2n) is 3.22. The zero-order valence-electron chi connectivity index (χ0n) is 7.64. The molecule has 0 aromatic heterocycles.